The molecule has 0 aliphatic carbocycles. The average Bonchev–Trinajstić information content (AvgIpc) is 2.61. The van der Waals surface area contributed by atoms with Gasteiger partial charge in [0, 0.05) is 6.20 Å². The molecule has 3 rings (SSSR count). The Hall–Kier alpha value is -2.94. The predicted octanol–water partition coefficient (Wildman–Crippen LogP) is 4.11. The van der Waals surface area contributed by atoms with Crippen LogP contribution < -0.4 is 0 Å². The molecule has 108 valence electrons. The van der Waals surface area contributed by atoms with E-state index in [2.05, 4.69) is 17.1 Å². The van der Waals surface area contributed by atoms with Crippen molar-refractivity contribution < 1.29 is 9.53 Å². The Morgan fingerprint density at radius 2 is 1.50 bits per heavy atom. The lowest BCUT2D eigenvalue weighted by Gasteiger charge is -2.06. The van der Waals surface area contributed by atoms with Gasteiger partial charge in [-0.15, -0.1) is 0 Å². The number of rotatable bonds is 4. The molecule has 0 bridgehead atoms. The second kappa shape index (κ2) is 6.68. The number of benzene rings is 2. The van der Waals surface area contributed by atoms with E-state index in [0.717, 1.165) is 11.1 Å². The van der Waals surface area contributed by atoms with Gasteiger partial charge in [-0.25, -0.2) is 9.78 Å². The van der Waals surface area contributed by atoms with Gasteiger partial charge in [-0.2, -0.15) is 0 Å². The fraction of sp³-hybridized carbons (Fsp3) is 0.0526. The van der Waals surface area contributed by atoms with E-state index in [1.165, 1.54) is 5.56 Å². The molecular formula is C19H15NO2. The van der Waals surface area contributed by atoms with Gasteiger partial charge in [0.25, 0.3) is 0 Å². The number of ether oxygens (including phenoxy) is 1. The summed E-state index contributed by atoms with van der Waals surface area (Å²) in [6.07, 6.45) is 1.57. The van der Waals surface area contributed by atoms with E-state index in [0.29, 0.717) is 5.69 Å². The van der Waals surface area contributed by atoms with Crippen LogP contribution in [0.15, 0.2) is 79.0 Å². The number of pyridine rings is 1. The number of hydrogen-bond donors (Lipinski definition) is 0. The fourth-order valence-corrected chi connectivity index (χ4v) is 2.13. The van der Waals surface area contributed by atoms with Crippen LogP contribution in [0.1, 0.15) is 16.1 Å². The second-order valence-corrected chi connectivity index (χ2v) is 4.85. The SMILES string of the molecule is O=C(OCc1ccc(-c2ccccc2)cc1)c1ccccn1. The second-order valence-electron chi connectivity index (χ2n) is 4.85. The van der Waals surface area contributed by atoms with E-state index in [4.69, 9.17) is 4.74 Å². The first-order chi connectivity index (χ1) is 10.8. The number of nitrogens with zero attached hydrogens (tertiary/aromatic N) is 1. The van der Waals surface area contributed by atoms with Gasteiger partial charge in [0.2, 0.25) is 0 Å². The minimum absolute atomic E-state index is 0.241. The van der Waals surface area contributed by atoms with Gasteiger partial charge in [-0.3, -0.25) is 0 Å². The molecule has 3 aromatic rings. The summed E-state index contributed by atoms with van der Waals surface area (Å²) in [7, 11) is 0. The monoisotopic (exact) mass is 289 g/mol. The minimum Gasteiger partial charge on any atom is -0.456 e. The quantitative estimate of drug-likeness (QED) is 0.679. The van der Waals surface area contributed by atoms with E-state index in [9.17, 15) is 4.79 Å². The van der Waals surface area contributed by atoms with Crippen LogP contribution in [-0.4, -0.2) is 11.0 Å². The Labute approximate surface area is 129 Å². The van der Waals surface area contributed by atoms with Crippen molar-refractivity contribution in [3.8, 4) is 11.1 Å². The van der Waals surface area contributed by atoms with Crippen molar-refractivity contribution in [2.24, 2.45) is 0 Å². The number of carbonyl (C=O) groups is 1. The van der Waals surface area contributed by atoms with Crippen LogP contribution in [0, 0.1) is 0 Å². The smallest absolute Gasteiger partial charge is 0.357 e. The molecule has 0 saturated carbocycles. The highest BCUT2D eigenvalue weighted by Crippen LogP contribution is 2.19. The van der Waals surface area contributed by atoms with Crippen molar-refractivity contribution >= 4 is 5.97 Å². The van der Waals surface area contributed by atoms with Crippen molar-refractivity contribution in [1.82, 2.24) is 4.98 Å². The lowest BCUT2D eigenvalue weighted by Crippen LogP contribution is -2.06. The maximum Gasteiger partial charge on any atom is 0.357 e. The standard InChI is InChI=1S/C19H15NO2/c21-19(18-8-4-5-13-20-18)22-14-15-9-11-17(12-10-15)16-6-2-1-3-7-16/h1-13H,14H2. The molecule has 0 N–H and O–H groups in total. The molecule has 22 heavy (non-hydrogen) atoms. The van der Waals surface area contributed by atoms with Crippen LogP contribution in [0.3, 0.4) is 0 Å². The molecule has 2 aromatic carbocycles. The zero-order chi connectivity index (χ0) is 15.2. The first-order valence-electron chi connectivity index (χ1n) is 7.05. The predicted molar refractivity (Wildman–Crippen MR) is 85.2 cm³/mol. The third-order valence-electron chi connectivity index (χ3n) is 3.31. The van der Waals surface area contributed by atoms with Gasteiger partial charge in [0.05, 0.1) is 0 Å². The first-order valence-corrected chi connectivity index (χ1v) is 7.05. The van der Waals surface area contributed by atoms with Crippen molar-refractivity contribution in [2.45, 2.75) is 6.61 Å². The van der Waals surface area contributed by atoms with Gasteiger partial charge in [0.15, 0.2) is 0 Å². The van der Waals surface area contributed by atoms with E-state index < -0.39 is 5.97 Å². The largest absolute Gasteiger partial charge is 0.456 e. The molecule has 0 fully saturated rings. The van der Waals surface area contributed by atoms with E-state index in [-0.39, 0.29) is 6.61 Å². The lowest BCUT2D eigenvalue weighted by atomic mass is 10.0. The van der Waals surface area contributed by atoms with Crippen LogP contribution >= 0.6 is 0 Å². The van der Waals surface area contributed by atoms with Crippen molar-refractivity contribution in [2.75, 3.05) is 0 Å². The molecule has 0 unspecified atom stereocenters. The highest BCUT2D eigenvalue weighted by molar-refractivity contribution is 5.87. The van der Waals surface area contributed by atoms with Gasteiger partial charge in [-0.05, 0) is 28.8 Å². The van der Waals surface area contributed by atoms with Gasteiger partial charge in [-0.1, -0.05) is 60.7 Å². The van der Waals surface area contributed by atoms with Crippen LogP contribution in [0.25, 0.3) is 11.1 Å². The van der Waals surface area contributed by atoms with Gasteiger partial charge in [0.1, 0.15) is 12.3 Å². The number of carbonyl (C=O) groups excluding carboxylic acids is 1. The van der Waals surface area contributed by atoms with E-state index in [1.807, 2.05) is 42.5 Å². The van der Waals surface area contributed by atoms with Crippen LogP contribution in [-0.2, 0) is 11.3 Å². The van der Waals surface area contributed by atoms with Crippen LogP contribution in [0.2, 0.25) is 0 Å². The third kappa shape index (κ3) is 3.38. The Balaban J connectivity index is 1.63. The summed E-state index contributed by atoms with van der Waals surface area (Å²) >= 11 is 0. The molecule has 0 saturated heterocycles. The summed E-state index contributed by atoms with van der Waals surface area (Å²) in [5.74, 6) is -0.410. The van der Waals surface area contributed by atoms with E-state index in [1.54, 1.807) is 24.4 Å². The summed E-state index contributed by atoms with van der Waals surface area (Å²) in [5, 5.41) is 0. The molecule has 3 heteroatoms. The summed E-state index contributed by atoms with van der Waals surface area (Å²) in [5.41, 5.74) is 3.58. The number of esters is 1. The van der Waals surface area contributed by atoms with Gasteiger partial charge < -0.3 is 4.74 Å². The average molecular weight is 289 g/mol. The zero-order valence-electron chi connectivity index (χ0n) is 12.0. The molecule has 0 atom stereocenters. The van der Waals surface area contributed by atoms with Crippen molar-refractivity contribution in [3.05, 3.63) is 90.3 Å². The molecule has 0 spiro atoms. The van der Waals surface area contributed by atoms with Crippen molar-refractivity contribution in [1.29, 1.82) is 0 Å². The molecule has 1 heterocycles. The zero-order valence-corrected chi connectivity index (χ0v) is 12.0. The number of aromatic nitrogens is 1. The van der Waals surface area contributed by atoms with E-state index >= 15 is 0 Å². The molecule has 0 amide bonds. The molecular weight excluding hydrogens is 274 g/mol. The Morgan fingerprint density at radius 3 is 2.18 bits per heavy atom. The molecule has 3 nitrogen and oxygen atoms in total. The number of hydrogen-bond acceptors (Lipinski definition) is 3. The maximum atomic E-state index is 11.8. The van der Waals surface area contributed by atoms with Crippen LogP contribution in [0.5, 0.6) is 0 Å². The summed E-state index contributed by atoms with van der Waals surface area (Å²) in [6.45, 7) is 0.241. The Morgan fingerprint density at radius 1 is 0.818 bits per heavy atom. The third-order valence-corrected chi connectivity index (χ3v) is 3.31. The summed E-state index contributed by atoms with van der Waals surface area (Å²) in [6, 6.07) is 23.3. The topological polar surface area (TPSA) is 39.2 Å². The molecule has 0 aliphatic heterocycles. The summed E-state index contributed by atoms with van der Waals surface area (Å²) in [4.78, 5) is 15.8. The molecule has 1 aromatic heterocycles. The van der Waals surface area contributed by atoms with Crippen LogP contribution in [0.4, 0.5) is 0 Å². The Bertz CT molecular complexity index is 737. The Kier molecular flexibility index (Phi) is 4.25. The minimum atomic E-state index is -0.410. The maximum absolute atomic E-state index is 11.8. The normalized spacial score (nSPS) is 10.2. The fourth-order valence-electron chi connectivity index (χ4n) is 2.13. The van der Waals surface area contributed by atoms with Crippen molar-refractivity contribution in [3.63, 3.8) is 0 Å². The highest BCUT2D eigenvalue weighted by atomic mass is 16.5. The summed E-state index contributed by atoms with van der Waals surface area (Å²) < 4.78 is 5.26. The molecule has 0 aliphatic rings. The first kappa shape index (κ1) is 14.0. The lowest BCUT2D eigenvalue weighted by molar-refractivity contribution is 0.0466. The highest BCUT2D eigenvalue weighted by Gasteiger charge is 2.07. The van der Waals surface area contributed by atoms with Gasteiger partial charge >= 0.3 is 5.97 Å². The molecule has 0 radical (unpaired) electrons.